The lowest BCUT2D eigenvalue weighted by Crippen LogP contribution is -2.31. The monoisotopic (exact) mass is 205 g/mol. The van der Waals surface area contributed by atoms with Crippen molar-refractivity contribution in [3.05, 3.63) is 11.9 Å². The summed E-state index contributed by atoms with van der Waals surface area (Å²) in [6, 6.07) is 2.70. The minimum absolute atomic E-state index is 0.172. The van der Waals surface area contributed by atoms with E-state index >= 15 is 0 Å². The molecule has 5 nitrogen and oxygen atoms in total. The number of hydrogen-bond donors (Lipinski definition) is 1. The van der Waals surface area contributed by atoms with E-state index in [4.69, 9.17) is 5.26 Å². The van der Waals surface area contributed by atoms with Gasteiger partial charge in [-0.3, -0.25) is 4.68 Å². The van der Waals surface area contributed by atoms with Gasteiger partial charge in [0, 0.05) is 19.6 Å². The van der Waals surface area contributed by atoms with Gasteiger partial charge in [-0.25, -0.2) is 0 Å². The van der Waals surface area contributed by atoms with Crippen molar-refractivity contribution in [1.82, 2.24) is 20.3 Å². The Bertz CT molecular complexity index is 364. The fourth-order valence-corrected chi connectivity index (χ4v) is 2.07. The van der Waals surface area contributed by atoms with Gasteiger partial charge in [0.1, 0.15) is 0 Å². The molecule has 0 aliphatic heterocycles. The zero-order valence-electron chi connectivity index (χ0n) is 8.85. The van der Waals surface area contributed by atoms with E-state index in [1.165, 1.54) is 0 Å². The van der Waals surface area contributed by atoms with Crippen molar-refractivity contribution in [2.24, 2.45) is 13.0 Å². The zero-order valence-corrected chi connectivity index (χ0v) is 8.85. The third-order valence-corrected chi connectivity index (χ3v) is 3.04. The summed E-state index contributed by atoms with van der Waals surface area (Å²) in [5.41, 5.74) is 1.05. The summed E-state index contributed by atoms with van der Waals surface area (Å²) >= 11 is 0. The SMILES string of the molecule is Cn1nncc1CNC1CCCC1C#N. The molecule has 1 fully saturated rings. The van der Waals surface area contributed by atoms with Crippen LogP contribution < -0.4 is 5.32 Å². The Morgan fingerprint density at radius 2 is 2.53 bits per heavy atom. The fraction of sp³-hybridized carbons (Fsp3) is 0.700. The van der Waals surface area contributed by atoms with E-state index in [0.29, 0.717) is 6.04 Å². The number of aryl methyl sites for hydroxylation is 1. The Labute approximate surface area is 89.1 Å². The topological polar surface area (TPSA) is 66.5 Å². The van der Waals surface area contributed by atoms with Crippen LogP contribution in [0.25, 0.3) is 0 Å². The number of hydrogen-bond acceptors (Lipinski definition) is 4. The molecule has 1 aromatic rings. The molecule has 1 N–H and O–H groups in total. The second-order valence-electron chi connectivity index (χ2n) is 4.00. The van der Waals surface area contributed by atoms with Crippen LogP contribution in [0.2, 0.25) is 0 Å². The van der Waals surface area contributed by atoms with Crippen LogP contribution in [0, 0.1) is 17.2 Å². The third kappa shape index (κ3) is 2.16. The maximum absolute atomic E-state index is 8.93. The fourth-order valence-electron chi connectivity index (χ4n) is 2.07. The van der Waals surface area contributed by atoms with E-state index in [2.05, 4.69) is 21.7 Å². The maximum atomic E-state index is 8.93. The smallest absolute Gasteiger partial charge is 0.0738 e. The van der Waals surface area contributed by atoms with Gasteiger partial charge in [-0.15, -0.1) is 5.10 Å². The van der Waals surface area contributed by atoms with Crippen molar-refractivity contribution in [3.8, 4) is 6.07 Å². The first-order valence-corrected chi connectivity index (χ1v) is 5.28. The lowest BCUT2D eigenvalue weighted by Gasteiger charge is -2.14. The summed E-state index contributed by atoms with van der Waals surface area (Å²) in [7, 11) is 1.88. The number of nitrogens with zero attached hydrogens (tertiary/aromatic N) is 4. The predicted octanol–water partition coefficient (Wildman–Crippen LogP) is 0.597. The Kier molecular flexibility index (Phi) is 2.97. The summed E-state index contributed by atoms with van der Waals surface area (Å²) in [6.45, 7) is 0.742. The quantitative estimate of drug-likeness (QED) is 0.784. The normalized spacial score (nSPS) is 25.3. The molecule has 5 heteroatoms. The zero-order chi connectivity index (χ0) is 10.7. The molecule has 1 heterocycles. The minimum atomic E-state index is 0.172. The standard InChI is InChI=1S/C10H15N5/c1-15-9(7-13-14-15)6-12-10-4-2-3-8(10)5-11/h7-8,10,12H,2-4,6H2,1H3. The van der Waals surface area contributed by atoms with Crippen LogP contribution in [0.15, 0.2) is 6.20 Å². The van der Waals surface area contributed by atoms with Crippen LogP contribution in [0.4, 0.5) is 0 Å². The van der Waals surface area contributed by atoms with Crippen LogP contribution in [0.1, 0.15) is 25.0 Å². The summed E-state index contributed by atoms with van der Waals surface area (Å²) in [5, 5.41) is 20.0. The van der Waals surface area contributed by atoms with Crippen molar-refractivity contribution < 1.29 is 0 Å². The molecule has 15 heavy (non-hydrogen) atoms. The van der Waals surface area contributed by atoms with Gasteiger partial charge >= 0.3 is 0 Å². The van der Waals surface area contributed by atoms with Crippen LogP contribution in [0.5, 0.6) is 0 Å². The molecule has 0 spiro atoms. The van der Waals surface area contributed by atoms with Gasteiger partial charge in [0.15, 0.2) is 0 Å². The third-order valence-electron chi connectivity index (χ3n) is 3.04. The summed E-state index contributed by atoms with van der Waals surface area (Å²) in [5.74, 6) is 0.172. The molecule has 0 radical (unpaired) electrons. The van der Waals surface area contributed by atoms with Crippen LogP contribution >= 0.6 is 0 Å². The van der Waals surface area contributed by atoms with E-state index in [0.717, 1.165) is 31.5 Å². The van der Waals surface area contributed by atoms with Crippen LogP contribution in [0.3, 0.4) is 0 Å². The van der Waals surface area contributed by atoms with Gasteiger partial charge in [0.2, 0.25) is 0 Å². The van der Waals surface area contributed by atoms with E-state index in [1.54, 1.807) is 10.9 Å². The molecular formula is C10H15N5. The van der Waals surface area contributed by atoms with Crippen molar-refractivity contribution in [2.45, 2.75) is 31.8 Å². The van der Waals surface area contributed by atoms with Crippen molar-refractivity contribution in [3.63, 3.8) is 0 Å². The summed E-state index contributed by atoms with van der Waals surface area (Å²) < 4.78 is 1.75. The molecule has 80 valence electrons. The molecule has 1 aliphatic carbocycles. The average Bonchev–Trinajstić information content (AvgIpc) is 2.83. The Morgan fingerprint density at radius 1 is 1.67 bits per heavy atom. The highest BCUT2D eigenvalue weighted by Crippen LogP contribution is 2.24. The first-order valence-electron chi connectivity index (χ1n) is 5.28. The molecule has 0 amide bonds. The average molecular weight is 205 g/mol. The molecule has 0 saturated heterocycles. The summed E-state index contributed by atoms with van der Waals surface area (Å²) in [4.78, 5) is 0. The number of rotatable bonds is 3. The van der Waals surface area contributed by atoms with E-state index in [9.17, 15) is 0 Å². The Hall–Kier alpha value is -1.41. The molecule has 2 rings (SSSR count). The van der Waals surface area contributed by atoms with E-state index < -0.39 is 0 Å². The van der Waals surface area contributed by atoms with Gasteiger partial charge in [0.05, 0.1) is 23.9 Å². The Morgan fingerprint density at radius 3 is 3.20 bits per heavy atom. The van der Waals surface area contributed by atoms with Gasteiger partial charge < -0.3 is 5.32 Å². The molecule has 1 aromatic heterocycles. The van der Waals surface area contributed by atoms with Gasteiger partial charge in [0.25, 0.3) is 0 Å². The first kappa shape index (κ1) is 10.1. The maximum Gasteiger partial charge on any atom is 0.0738 e. The lowest BCUT2D eigenvalue weighted by atomic mass is 10.1. The highest BCUT2D eigenvalue weighted by molar-refractivity contribution is 4.99. The number of nitriles is 1. The molecular weight excluding hydrogens is 190 g/mol. The molecule has 1 aliphatic rings. The molecule has 0 aromatic carbocycles. The van der Waals surface area contributed by atoms with Crippen LogP contribution in [-0.4, -0.2) is 21.0 Å². The van der Waals surface area contributed by atoms with Crippen molar-refractivity contribution >= 4 is 0 Å². The molecule has 2 atom stereocenters. The van der Waals surface area contributed by atoms with E-state index in [1.807, 2.05) is 7.05 Å². The van der Waals surface area contributed by atoms with Crippen molar-refractivity contribution in [2.75, 3.05) is 0 Å². The molecule has 0 bridgehead atoms. The predicted molar refractivity (Wildman–Crippen MR) is 54.6 cm³/mol. The number of nitrogens with one attached hydrogen (secondary N) is 1. The lowest BCUT2D eigenvalue weighted by molar-refractivity contribution is 0.454. The Balaban J connectivity index is 1.89. The second-order valence-corrected chi connectivity index (χ2v) is 4.00. The minimum Gasteiger partial charge on any atom is -0.307 e. The highest BCUT2D eigenvalue weighted by atomic mass is 15.4. The largest absolute Gasteiger partial charge is 0.307 e. The number of aromatic nitrogens is 3. The van der Waals surface area contributed by atoms with Crippen LogP contribution in [-0.2, 0) is 13.6 Å². The molecule has 2 unspecified atom stereocenters. The van der Waals surface area contributed by atoms with Gasteiger partial charge in [-0.1, -0.05) is 11.6 Å². The summed E-state index contributed by atoms with van der Waals surface area (Å²) in [6.07, 6.45) is 5.03. The molecule has 1 saturated carbocycles. The highest BCUT2D eigenvalue weighted by Gasteiger charge is 2.26. The second kappa shape index (κ2) is 4.41. The first-order chi connectivity index (χ1) is 7.31. The van der Waals surface area contributed by atoms with Crippen molar-refractivity contribution in [1.29, 1.82) is 5.26 Å². The van der Waals surface area contributed by atoms with Gasteiger partial charge in [-0.05, 0) is 12.8 Å². The van der Waals surface area contributed by atoms with E-state index in [-0.39, 0.29) is 5.92 Å². The van der Waals surface area contributed by atoms with Gasteiger partial charge in [-0.2, -0.15) is 5.26 Å².